The van der Waals surface area contributed by atoms with E-state index < -0.39 is 0 Å². The van der Waals surface area contributed by atoms with Crippen LogP contribution >= 0.6 is 0 Å². The Labute approximate surface area is 442 Å². The maximum atomic E-state index is 7.27. The van der Waals surface area contributed by atoms with Crippen LogP contribution in [0.25, 0.3) is 107 Å². The van der Waals surface area contributed by atoms with Crippen molar-refractivity contribution < 1.29 is 4.74 Å². The highest BCUT2D eigenvalue weighted by molar-refractivity contribution is 6.99. The highest BCUT2D eigenvalue weighted by atomic mass is 16.5. The maximum Gasteiger partial charge on any atom is 0.256 e. The molecular weight excluding hydrogens is 930 g/mol. The maximum absolute atomic E-state index is 7.27. The van der Waals surface area contributed by atoms with Crippen LogP contribution < -0.4 is 21.1 Å². The fourth-order valence-corrected chi connectivity index (χ4v) is 11.7. The van der Waals surface area contributed by atoms with Crippen LogP contribution in [-0.4, -0.2) is 41.2 Å². The van der Waals surface area contributed by atoms with Crippen molar-refractivity contribution in [1.82, 2.24) is 34.5 Å². The van der Waals surface area contributed by atoms with Gasteiger partial charge in [-0.15, -0.1) is 0 Å². The molecule has 2 aliphatic heterocycles. The van der Waals surface area contributed by atoms with Crippen LogP contribution in [0, 0.1) is 20.8 Å². The van der Waals surface area contributed by atoms with Gasteiger partial charge in [0, 0.05) is 55.4 Å². The second-order valence-corrected chi connectivity index (χ2v) is 21.3. The minimum atomic E-state index is -0.190. The molecule has 0 fully saturated rings. The van der Waals surface area contributed by atoms with Crippen LogP contribution in [0.3, 0.4) is 0 Å². The van der Waals surface area contributed by atoms with Gasteiger partial charge < -0.3 is 9.30 Å². The van der Waals surface area contributed by atoms with Crippen molar-refractivity contribution in [1.29, 1.82) is 0 Å². The Morgan fingerprint density at radius 2 is 0.895 bits per heavy atom. The van der Waals surface area contributed by atoms with Crippen molar-refractivity contribution in [3.05, 3.63) is 216 Å². The summed E-state index contributed by atoms with van der Waals surface area (Å²) in [5.74, 6) is 5.32. The summed E-state index contributed by atoms with van der Waals surface area (Å²) in [6.07, 6.45) is 0. The van der Waals surface area contributed by atoms with E-state index >= 15 is 0 Å². The molecule has 0 bridgehead atoms. The Kier molecular flexibility index (Phi) is 10.4. The third-order valence-electron chi connectivity index (χ3n) is 15.1. The summed E-state index contributed by atoms with van der Waals surface area (Å²) in [6, 6.07) is 68.0. The average Bonchev–Trinajstić information content (AvgIpc) is 3.86. The number of aromatic nitrogens is 7. The van der Waals surface area contributed by atoms with Gasteiger partial charge in [-0.25, -0.2) is 29.9 Å². The molecule has 0 N–H and O–H groups in total. The summed E-state index contributed by atoms with van der Waals surface area (Å²) < 4.78 is 9.74. The molecule has 0 amide bonds. The van der Waals surface area contributed by atoms with Gasteiger partial charge in [0.05, 0.1) is 5.52 Å². The van der Waals surface area contributed by atoms with Gasteiger partial charge in [-0.1, -0.05) is 178 Å². The molecule has 0 radical (unpaired) electrons. The fourth-order valence-electron chi connectivity index (χ4n) is 11.7. The van der Waals surface area contributed by atoms with E-state index in [0.717, 1.165) is 94.3 Å². The summed E-state index contributed by atoms with van der Waals surface area (Å²) in [5, 5.41) is 2.11. The first-order valence-corrected chi connectivity index (χ1v) is 26.0. The molecule has 5 heterocycles. The second-order valence-electron chi connectivity index (χ2n) is 21.3. The van der Waals surface area contributed by atoms with Crippen LogP contribution in [0.5, 0.6) is 11.5 Å². The van der Waals surface area contributed by atoms with Gasteiger partial charge >= 0.3 is 0 Å². The van der Waals surface area contributed by atoms with Crippen molar-refractivity contribution in [3.8, 4) is 96.6 Å². The largest absolute Gasteiger partial charge is 0.458 e. The minimum absolute atomic E-state index is 0.0977. The van der Waals surface area contributed by atoms with Gasteiger partial charge in [0.15, 0.2) is 34.9 Å². The Bertz CT molecular complexity index is 4180. The molecule has 362 valence electrons. The number of rotatable bonds is 7. The van der Waals surface area contributed by atoms with E-state index in [1.54, 1.807) is 0 Å². The summed E-state index contributed by atoms with van der Waals surface area (Å²) in [4.78, 5) is 31.2. The molecule has 9 heteroatoms. The Morgan fingerprint density at radius 1 is 0.408 bits per heavy atom. The molecule has 76 heavy (non-hydrogen) atoms. The number of benzene rings is 9. The molecule has 0 saturated heterocycles. The van der Waals surface area contributed by atoms with Gasteiger partial charge in [-0.05, 0) is 113 Å². The molecule has 2 aliphatic rings. The monoisotopic (exact) mass is 979 g/mol. The van der Waals surface area contributed by atoms with Crippen LogP contribution in [-0.2, 0) is 5.41 Å². The number of hydrogen-bond donors (Lipinski definition) is 0. The molecule has 8 nitrogen and oxygen atoms in total. The quantitative estimate of drug-likeness (QED) is 0.147. The van der Waals surface area contributed by atoms with Gasteiger partial charge in [-0.3, -0.25) is 0 Å². The van der Waals surface area contributed by atoms with Crippen molar-refractivity contribution >= 4 is 44.9 Å². The molecule has 12 aromatic rings. The van der Waals surface area contributed by atoms with E-state index in [1.807, 2.05) is 97.1 Å². The lowest BCUT2D eigenvalue weighted by molar-refractivity contribution is 0.483. The summed E-state index contributed by atoms with van der Waals surface area (Å²) in [5.41, 5.74) is 19.2. The Balaban J connectivity index is 1.09. The van der Waals surface area contributed by atoms with Gasteiger partial charge in [-0.2, -0.15) is 0 Å². The third kappa shape index (κ3) is 7.52. The second kappa shape index (κ2) is 17.4. The van der Waals surface area contributed by atoms with E-state index in [4.69, 9.17) is 34.6 Å². The summed E-state index contributed by atoms with van der Waals surface area (Å²) in [6.45, 7) is 13.2. The van der Waals surface area contributed by atoms with Crippen LogP contribution in [0.2, 0.25) is 0 Å². The molecule has 0 aliphatic carbocycles. The fraction of sp³-hybridized carbons (Fsp3) is 0.104. The lowest BCUT2D eigenvalue weighted by Crippen LogP contribution is -2.58. The molecule has 3 aromatic heterocycles. The van der Waals surface area contributed by atoms with Crippen molar-refractivity contribution in [2.24, 2.45) is 0 Å². The Hall–Kier alpha value is -9.34. The Morgan fingerprint density at radius 3 is 1.41 bits per heavy atom. The van der Waals surface area contributed by atoms with Crippen molar-refractivity contribution in [3.63, 3.8) is 0 Å². The first kappa shape index (κ1) is 45.3. The molecule has 0 saturated carbocycles. The first-order chi connectivity index (χ1) is 37.0. The van der Waals surface area contributed by atoms with Crippen LogP contribution in [0.4, 0.5) is 0 Å². The lowest BCUT2D eigenvalue weighted by Gasteiger charge is -2.35. The first-order valence-electron chi connectivity index (χ1n) is 26.0. The molecule has 9 aromatic carbocycles. The number of nitrogens with zero attached hydrogens (tertiary/aromatic N) is 7. The van der Waals surface area contributed by atoms with Crippen molar-refractivity contribution in [2.75, 3.05) is 0 Å². The molecule has 14 rings (SSSR count). The zero-order valence-electron chi connectivity index (χ0n) is 43.1. The lowest BCUT2D eigenvalue weighted by atomic mass is 9.34. The molecule has 0 unspecified atom stereocenters. The summed E-state index contributed by atoms with van der Waals surface area (Å²) >= 11 is 0. The van der Waals surface area contributed by atoms with E-state index in [0.29, 0.717) is 34.9 Å². The molecule has 0 spiro atoms. The van der Waals surface area contributed by atoms with Crippen LogP contribution in [0.1, 0.15) is 43.0 Å². The van der Waals surface area contributed by atoms with E-state index in [9.17, 15) is 0 Å². The number of hydrogen-bond acceptors (Lipinski definition) is 7. The predicted molar refractivity (Wildman–Crippen MR) is 310 cm³/mol. The SMILES string of the molecule is Cc1cc(C)c(-c2cc3c4c(c2)-n2c5ccc(-c6nc(-c7ccccc7)nc(-c7ccccc7)n6)cc5c5cc(-c6nc(-c7ccccc7)nc(-c7ccccc7)n6)cc(c52)B4c2ccc(C(C)(C)C)cc2O3)c(C)c1. The summed E-state index contributed by atoms with van der Waals surface area (Å²) in [7, 11) is 0. The van der Waals surface area contributed by atoms with Gasteiger partial charge in [0.2, 0.25) is 0 Å². The highest BCUT2D eigenvalue weighted by Crippen LogP contribution is 2.44. The van der Waals surface area contributed by atoms with Gasteiger partial charge in [0.25, 0.3) is 6.71 Å². The van der Waals surface area contributed by atoms with E-state index in [2.05, 4.69) is 143 Å². The van der Waals surface area contributed by atoms with E-state index in [1.165, 1.54) is 27.8 Å². The highest BCUT2D eigenvalue weighted by Gasteiger charge is 2.42. The average molecular weight is 980 g/mol. The minimum Gasteiger partial charge on any atom is -0.458 e. The predicted octanol–water partition coefficient (Wildman–Crippen LogP) is 14.0. The van der Waals surface area contributed by atoms with E-state index in [-0.39, 0.29) is 12.1 Å². The smallest absolute Gasteiger partial charge is 0.256 e. The standard InChI is InChI=1S/C67H50BN7O/c1-39-31-40(2)58(41(3)32-39)47-36-55-59-57(37-47)76-56-38-49(67(4,5)6)28-29-52(56)68(59)53-35-48(66-73-63(44-23-15-9-16-24-44)70-64(74-66)45-25-17-10-18-26-45)34-51-50-33-46(27-30-54(50)75(55)60(51)53)65-71-61(42-19-11-7-12-20-42)69-62(72-65)43-21-13-8-14-22-43/h7-38H,1-6H3. The molecular formula is C67H50BN7O. The number of fused-ring (bicyclic) bond motifs is 7. The normalized spacial score (nSPS) is 12.4. The third-order valence-corrected chi connectivity index (χ3v) is 15.1. The van der Waals surface area contributed by atoms with Crippen LogP contribution in [0.15, 0.2) is 194 Å². The number of aryl methyl sites for hydroxylation is 3. The van der Waals surface area contributed by atoms with Gasteiger partial charge in [0.1, 0.15) is 11.5 Å². The zero-order valence-corrected chi connectivity index (χ0v) is 43.1. The zero-order chi connectivity index (χ0) is 51.4. The molecule has 0 atom stereocenters. The van der Waals surface area contributed by atoms with Crippen molar-refractivity contribution in [2.45, 2.75) is 47.0 Å². The number of ether oxygens (including phenoxy) is 1. The topological polar surface area (TPSA) is 91.5 Å².